The number of nitrogens with one attached hydrogen (secondary N) is 2. The second-order valence-electron chi connectivity index (χ2n) is 6.43. The number of aliphatic imine (C=N–C) groups is 1. The summed E-state index contributed by atoms with van der Waals surface area (Å²) in [6.07, 6.45) is 1.46. The SMILES string of the molecule is CN=C(NCCCc1ccc(Br)cc1F)NCCS(=O)C(C)(C)C.I. The maximum atomic E-state index is 13.7. The van der Waals surface area contributed by atoms with E-state index in [2.05, 4.69) is 31.6 Å². The third-order valence-corrected chi connectivity index (χ3v) is 5.85. The van der Waals surface area contributed by atoms with Gasteiger partial charge in [-0.05, 0) is 51.3 Å². The number of rotatable bonds is 7. The molecule has 0 aliphatic heterocycles. The molecule has 0 radical (unpaired) electrons. The highest BCUT2D eigenvalue weighted by atomic mass is 127. The average Bonchev–Trinajstić information content (AvgIpc) is 2.50. The van der Waals surface area contributed by atoms with E-state index >= 15 is 0 Å². The van der Waals surface area contributed by atoms with Crippen molar-refractivity contribution < 1.29 is 8.60 Å². The first-order chi connectivity index (χ1) is 11.2. The third kappa shape index (κ3) is 9.89. The quantitative estimate of drug-likeness (QED) is 0.236. The summed E-state index contributed by atoms with van der Waals surface area (Å²) in [7, 11) is 0.815. The highest BCUT2D eigenvalue weighted by molar-refractivity contribution is 14.0. The van der Waals surface area contributed by atoms with Gasteiger partial charge in [-0.1, -0.05) is 22.0 Å². The van der Waals surface area contributed by atoms with Crippen LogP contribution in [0.1, 0.15) is 32.8 Å². The molecule has 4 nitrogen and oxygen atoms in total. The molecule has 0 aliphatic rings. The van der Waals surface area contributed by atoms with Crippen LogP contribution in [0.15, 0.2) is 27.7 Å². The van der Waals surface area contributed by atoms with Crippen LogP contribution in [0.5, 0.6) is 0 Å². The van der Waals surface area contributed by atoms with Crippen molar-refractivity contribution in [1.29, 1.82) is 0 Å². The Kier molecular flexibility index (Phi) is 12.1. The van der Waals surface area contributed by atoms with Crippen molar-refractivity contribution in [3.8, 4) is 0 Å². The van der Waals surface area contributed by atoms with Gasteiger partial charge in [0.2, 0.25) is 0 Å². The molecule has 25 heavy (non-hydrogen) atoms. The molecule has 1 aromatic carbocycles. The zero-order valence-corrected chi connectivity index (χ0v) is 19.9. The highest BCUT2D eigenvalue weighted by Gasteiger charge is 2.18. The molecule has 0 amide bonds. The summed E-state index contributed by atoms with van der Waals surface area (Å²) in [6, 6.07) is 5.13. The second kappa shape index (κ2) is 12.2. The van der Waals surface area contributed by atoms with E-state index in [0.717, 1.165) is 10.9 Å². The standard InChI is InChI=1S/C17H27BrFN3OS.HI/c1-17(2,3)24(23)11-10-22-16(20-4)21-9-5-6-13-7-8-14(18)12-15(13)19;/h7-8,12H,5-6,9-11H2,1-4H3,(H2,20,21,22);1H. The van der Waals surface area contributed by atoms with Gasteiger partial charge < -0.3 is 10.6 Å². The van der Waals surface area contributed by atoms with Crippen LogP contribution >= 0.6 is 39.9 Å². The van der Waals surface area contributed by atoms with Gasteiger partial charge in [-0.25, -0.2) is 4.39 Å². The first-order valence-corrected chi connectivity index (χ1v) is 10.1. The van der Waals surface area contributed by atoms with Gasteiger partial charge in [0, 0.05) is 45.9 Å². The fraction of sp³-hybridized carbons (Fsp3) is 0.588. The first kappa shape index (κ1) is 24.8. The minimum atomic E-state index is -0.883. The number of halogens is 3. The average molecular weight is 548 g/mol. The number of hydrogen-bond donors (Lipinski definition) is 2. The maximum Gasteiger partial charge on any atom is 0.191 e. The molecule has 0 saturated heterocycles. The van der Waals surface area contributed by atoms with Crippen molar-refractivity contribution in [2.75, 3.05) is 25.9 Å². The van der Waals surface area contributed by atoms with E-state index in [1.165, 1.54) is 6.07 Å². The summed E-state index contributed by atoms with van der Waals surface area (Å²) in [5, 5.41) is 6.35. The molecular formula is C17H28BrFIN3OS. The Hall–Kier alpha value is -0.220. The van der Waals surface area contributed by atoms with Crippen LogP contribution in [0, 0.1) is 5.82 Å². The summed E-state index contributed by atoms with van der Waals surface area (Å²) in [6.45, 7) is 7.20. The van der Waals surface area contributed by atoms with Crippen molar-refractivity contribution in [3.05, 3.63) is 34.1 Å². The summed E-state index contributed by atoms with van der Waals surface area (Å²) in [5.41, 5.74) is 0.712. The molecule has 1 atom stereocenters. The zero-order valence-electron chi connectivity index (χ0n) is 15.2. The van der Waals surface area contributed by atoms with Gasteiger partial charge in [0.05, 0.1) is 0 Å². The number of hydrogen-bond acceptors (Lipinski definition) is 2. The topological polar surface area (TPSA) is 53.5 Å². The minimum Gasteiger partial charge on any atom is -0.356 e. The van der Waals surface area contributed by atoms with Crippen LogP contribution in [0.25, 0.3) is 0 Å². The van der Waals surface area contributed by atoms with Crippen molar-refractivity contribution >= 4 is 56.7 Å². The first-order valence-electron chi connectivity index (χ1n) is 8.01. The molecule has 144 valence electrons. The van der Waals surface area contributed by atoms with Crippen LogP contribution in [0.2, 0.25) is 0 Å². The molecule has 1 aromatic rings. The zero-order chi connectivity index (χ0) is 18.2. The number of guanidine groups is 1. The molecule has 8 heteroatoms. The lowest BCUT2D eigenvalue weighted by molar-refractivity contribution is 0.602. The van der Waals surface area contributed by atoms with Crippen LogP contribution in [-0.4, -0.2) is 40.8 Å². The molecule has 0 aromatic heterocycles. The van der Waals surface area contributed by atoms with E-state index in [1.807, 2.05) is 26.8 Å². The van der Waals surface area contributed by atoms with Gasteiger partial charge in [-0.3, -0.25) is 9.20 Å². The molecule has 0 bridgehead atoms. The van der Waals surface area contributed by atoms with E-state index in [-0.39, 0.29) is 34.5 Å². The van der Waals surface area contributed by atoms with Crippen LogP contribution in [0.3, 0.4) is 0 Å². The lowest BCUT2D eigenvalue weighted by atomic mass is 10.1. The smallest absolute Gasteiger partial charge is 0.191 e. The Morgan fingerprint density at radius 3 is 2.48 bits per heavy atom. The summed E-state index contributed by atoms with van der Waals surface area (Å²) < 4.78 is 26.3. The van der Waals surface area contributed by atoms with E-state index in [9.17, 15) is 8.60 Å². The third-order valence-electron chi connectivity index (χ3n) is 3.42. The van der Waals surface area contributed by atoms with Crippen LogP contribution in [-0.2, 0) is 17.2 Å². The van der Waals surface area contributed by atoms with Gasteiger partial charge in [0.15, 0.2) is 5.96 Å². The number of nitrogens with zero attached hydrogens (tertiary/aromatic N) is 1. The normalized spacial score (nSPS) is 13.1. The van der Waals surface area contributed by atoms with Crippen molar-refractivity contribution in [2.24, 2.45) is 4.99 Å². The van der Waals surface area contributed by atoms with Crippen molar-refractivity contribution in [3.63, 3.8) is 0 Å². The van der Waals surface area contributed by atoms with E-state index in [0.29, 0.717) is 36.8 Å². The van der Waals surface area contributed by atoms with Crippen LogP contribution in [0.4, 0.5) is 4.39 Å². The van der Waals surface area contributed by atoms with Crippen molar-refractivity contribution in [2.45, 2.75) is 38.4 Å². The monoisotopic (exact) mass is 547 g/mol. The Balaban J connectivity index is 0.00000576. The molecule has 1 unspecified atom stereocenters. The Labute approximate surface area is 178 Å². The largest absolute Gasteiger partial charge is 0.356 e. The van der Waals surface area contributed by atoms with Gasteiger partial charge in [0.25, 0.3) is 0 Å². The summed E-state index contributed by atoms with van der Waals surface area (Å²) in [5.74, 6) is 1.07. The van der Waals surface area contributed by atoms with Gasteiger partial charge in [-0.15, -0.1) is 24.0 Å². The van der Waals surface area contributed by atoms with Gasteiger partial charge in [0.1, 0.15) is 5.82 Å². The summed E-state index contributed by atoms with van der Waals surface area (Å²) in [4.78, 5) is 4.14. The molecule has 0 saturated carbocycles. The summed E-state index contributed by atoms with van der Waals surface area (Å²) >= 11 is 3.25. The molecule has 0 heterocycles. The van der Waals surface area contributed by atoms with Crippen LogP contribution < -0.4 is 10.6 Å². The highest BCUT2D eigenvalue weighted by Crippen LogP contribution is 2.16. The van der Waals surface area contributed by atoms with E-state index in [4.69, 9.17) is 0 Å². The number of benzene rings is 1. The predicted molar refractivity (Wildman–Crippen MR) is 120 cm³/mol. The molecule has 0 spiro atoms. The minimum absolute atomic E-state index is 0. The molecule has 0 aliphatic carbocycles. The Bertz CT molecular complexity index is 594. The van der Waals surface area contributed by atoms with Gasteiger partial charge >= 0.3 is 0 Å². The maximum absolute atomic E-state index is 13.7. The molecule has 1 rings (SSSR count). The second-order valence-corrected chi connectivity index (χ2v) is 9.67. The Morgan fingerprint density at radius 2 is 1.92 bits per heavy atom. The molecular weight excluding hydrogens is 520 g/mol. The van der Waals surface area contributed by atoms with E-state index < -0.39 is 10.8 Å². The predicted octanol–water partition coefficient (Wildman–Crippen LogP) is 3.85. The molecule has 0 fully saturated rings. The van der Waals surface area contributed by atoms with E-state index in [1.54, 1.807) is 13.1 Å². The fourth-order valence-corrected chi connectivity index (χ4v) is 3.23. The lowest BCUT2D eigenvalue weighted by Crippen LogP contribution is -2.40. The fourth-order valence-electron chi connectivity index (χ4n) is 2.00. The van der Waals surface area contributed by atoms with Gasteiger partial charge in [-0.2, -0.15) is 0 Å². The van der Waals surface area contributed by atoms with Crippen molar-refractivity contribution in [1.82, 2.24) is 10.6 Å². The Morgan fingerprint density at radius 1 is 1.28 bits per heavy atom. The lowest BCUT2D eigenvalue weighted by Gasteiger charge is -2.18. The molecule has 2 N–H and O–H groups in total. The number of aryl methyl sites for hydroxylation is 1.